The first-order valence-corrected chi connectivity index (χ1v) is 12.7. The number of fused-ring (bicyclic) bond motifs is 2. The molecule has 1 aromatic heterocycles. The largest absolute Gasteiger partial charge is 0.490 e. The molecule has 2 aliphatic rings. The molecule has 0 radical (unpaired) electrons. The van der Waals surface area contributed by atoms with Crippen LogP contribution in [-0.2, 0) is 14.4 Å². The number of carbonyl (C=O) groups is 4. The predicted molar refractivity (Wildman–Crippen MR) is 143 cm³/mol. The topological polar surface area (TPSA) is 179 Å². The normalized spacial score (nSPS) is 17.0. The van der Waals surface area contributed by atoms with E-state index >= 15 is 0 Å². The zero-order chi connectivity index (χ0) is 33.4. The van der Waals surface area contributed by atoms with Crippen molar-refractivity contribution >= 4 is 35.1 Å². The molecule has 0 aliphatic carbocycles. The summed E-state index contributed by atoms with van der Waals surface area (Å²) in [6.07, 6.45) is -8.38. The predicted octanol–water partition coefficient (Wildman–Crippen LogP) is 4.35. The molecule has 12 nitrogen and oxygen atoms in total. The van der Waals surface area contributed by atoms with Crippen LogP contribution in [0.1, 0.15) is 28.5 Å². The summed E-state index contributed by atoms with van der Waals surface area (Å²) in [5.74, 6) is -4.69. The highest BCUT2D eigenvalue weighted by Gasteiger charge is 2.39. The van der Waals surface area contributed by atoms with Crippen LogP contribution in [0.5, 0.6) is 11.5 Å². The molecule has 5 rings (SSSR count). The van der Waals surface area contributed by atoms with Gasteiger partial charge in [0.05, 0.1) is 6.04 Å². The maximum atomic E-state index is 12.7. The number of H-pyrrole nitrogens is 1. The lowest BCUT2D eigenvalue weighted by Gasteiger charge is -2.25. The van der Waals surface area contributed by atoms with Gasteiger partial charge in [-0.2, -0.15) is 26.3 Å². The number of carbonyl (C=O) groups excluding carboxylic acids is 2. The summed E-state index contributed by atoms with van der Waals surface area (Å²) in [6.45, 7) is 0.732. The number of benzene rings is 2. The van der Waals surface area contributed by atoms with Crippen LogP contribution in [0.2, 0.25) is 0 Å². The Bertz CT molecular complexity index is 1500. The molecular formula is C27H24F6N4O8. The third kappa shape index (κ3) is 9.80. The Hall–Kier alpha value is -5.42. The molecular weight excluding hydrogens is 622 g/mol. The molecule has 6 N–H and O–H groups in total. The van der Waals surface area contributed by atoms with E-state index in [1.165, 1.54) is 0 Å². The maximum Gasteiger partial charge on any atom is 0.490 e. The number of aromatic amines is 1. The Balaban J connectivity index is 0.000000331. The minimum atomic E-state index is -5.08. The molecule has 2 aliphatic heterocycles. The Morgan fingerprint density at radius 3 is 2.09 bits per heavy atom. The van der Waals surface area contributed by atoms with Gasteiger partial charge in [0.15, 0.2) is 11.5 Å². The van der Waals surface area contributed by atoms with E-state index in [1.54, 1.807) is 12.3 Å². The van der Waals surface area contributed by atoms with Gasteiger partial charge in [0.2, 0.25) is 6.10 Å². The quantitative estimate of drug-likeness (QED) is 0.225. The van der Waals surface area contributed by atoms with Gasteiger partial charge in [-0.1, -0.05) is 18.2 Å². The summed E-state index contributed by atoms with van der Waals surface area (Å²) >= 11 is 0. The van der Waals surface area contributed by atoms with Crippen LogP contribution >= 0.6 is 0 Å². The maximum absolute atomic E-state index is 12.7. The number of ether oxygens (including phenoxy) is 2. The Morgan fingerprint density at radius 2 is 1.47 bits per heavy atom. The van der Waals surface area contributed by atoms with Crippen LogP contribution in [0.4, 0.5) is 37.7 Å². The van der Waals surface area contributed by atoms with Crippen molar-refractivity contribution in [1.29, 1.82) is 0 Å². The fourth-order valence-corrected chi connectivity index (χ4v) is 3.85. The first-order chi connectivity index (χ1) is 21.1. The molecule has 2 amide bonds. The molecule has 242 valence electrons. The monoisotopic (exact) mass is 646 g/mol. The molecule has 0 saturated heterocycles. The summed E-state index contributed by atoms with van der Waals surface area (Å²) < 4.78 is 74.9. The number of anilines is 2. The highest BCUT2D eigenvalue weighted by atomic mass is 19.4. The fourth-order valence-electron chi connectivity index (χ4n) is 3.85. The molecule has 0 spiro atoms. The molecule has 45 heavy (non-hydrogen) atoms. The van der Waals surface area contributed by atoms with Gasteiger partial charge in [-0.05, 0) is 42.8 Å². The van der Waals surface area contributed by atoms with Crippen LogP contribution in [0.25, 0.3) is 0 Å². The summed E-state index contributed by atoms with van der Waals surface area (Å²) in [5, 5.41) is 23.5. The molecule has 2 unspecified atom stereocenters. The third-order valence-corrected chi connectivity index (χ3v) is 5.86. The van der Waals surface area contributed by atoms with Crippen LogP contribution in [-0.4, -0.2) is 70.6 Å². The zero-order valence-electron chi connectivity index (χ0n) is 22.7. The van der Waals surface area contributed by atoms with Gasteiger partial charge in [0, 0.05) is 29.7 Å². The van der Waals surface area contributed by atoms with Crippen molar-refractivity contribution in [3.05, 3.63) is 72.1 Å². The highest BCUT2D eigenvalue weighted by molar-refractivity contribution is 5.95. The van der Waals surface area contributed by atoms with E-state index in [2.05, 4.69) is 20.9 Å². The SMILES string of the molecule is O=C(O)C(F)(F)F.O=C(O)C(F)(F)F.O=C1NCCC(Nc2cccc(NC(=O)C3COc4ccccc4O3)c2)c2cc[nH]c21. The number of alkyl halides is 6. The van der Waals surface area contributed by atoms with E-state index in [0.29, 0.717) is 29.4 Å². The summed E-state index contributed by atoms with van der Waals surface area (Å²) in [4.78, 5) is 45.6. The Kier molecular flexibility index (Phi) is 10.9. The summed E-state index contributed by atoms with van der Waals surface area (Å²) in [6, 6.07) is 16.7. The van der Waals surface area contributed by atoms with Gasteiger partial charge in [0.25, 0.3) is 11.8 Å². The number of rotatable bonds is 4. The molecule has 3 aromatic rings. The molecule has 2 aromatic carbocycles. The number of halogens is 6. The minimum absolute atomic E-state index is 0.0299. The second kappa shape index (κ2) is 14.4. The van der Waals surface area contributed by atoms with E-state index in [4.69, 9.17) is 29.3 Å². The third-order valence-electron chi connectivity index (χ3n) is 5.86. The number of aliphatic carboxylic acids is 2. The van der Waals surface area contributed by atoms with Gasteiger partial charge in [-0.25, -0.2) is 9.59 Å². The van der Waals surface area contributed by atoms with Gasteiger partial charge in [-0.15, -0.1) is 0 Å². The molecule has 3 heterocycles. The molecule has 2 atom stereocenters. The standard InChI is InChI=1S/C23H22N4O4.2C2HF3O2/c28-22(20-13-30-18-6-1-2-7-19(18)31-20)27-15-5-3-4-14(12-15)26-17-9-11-25-23(29)21-16(17)8-10-24-21;2*3-2(4,5)1(6)7/h1-8,10,12,17,20,24,26H,9,11,13H2,(H,25,29)(H,27,28);2*(H,6,7). The van der Waals surface area contributed by atoms with Crippen molar-refractivity contribution < 1.29 is 65.2 Å². The Morgan fingerprint density at radius 1 is 0.867 bits per heavy atom. The van der Waals surface area contributed by atoms with Crippen molar-refractivity contribution in [2.24, 2.45) is 0 Å². The van der Waals surface area contributed by atoms with Gasteiger partial charge in [-0.3, -0.25) is 9.59 Å². The fraction of sp³-hybridized carbons (Fsp3) is 0.259. The number of carboxylic acids is 2. The number of nitrogens with one attached hydrogen (secondary N) is 4. The van der Waals surface area contributed by atoms with Crippen molar-refractivity contribution in [2.45, 2.75) is 30.9 Å². The van der Waals surface area contributed by atoms with Crippen LogP contribution in [0.3, 0.4) is 0 Å². The molecule has 0 saturated carbocycles. The molecule has 18 heteroatoms. The van der Waals surface area contributed by atoms with E-state index in [-0.39, 0.29) is 24.5 Å². The van der Waals surface area contributed by atoms with Crippen molar-refractivity contribution in [3.63, 3.8) is 0 Å². The van der Waals surface area contributed by atoms with Gasteiger partial charge >= 0.3 is 24.3 Å². The van der Waals surface area contributed by atoms with E-state index < -0.39 is 30.4 Å². The average Bonchev–Trinajstić information content (AvgIpc) is 3.41. The van der Waals surface area contributed by atoms with Crippen molar-refractivity contribution in [2.75, 3.05) is 23.8 Å². The lowest BCUT2D eigenvalue weighted by atomic mass is 10.0. The molecule has 0 bridgehead atoms. The lowest BCUT2D eigenvalue weighted by Crippen LogP contribution is -2.40. The zero-order valence-corrected chi connectivity index (χ0v) is 22.7. The van der Waals surface area contributed by atoms with E-state index in [9.17, 15) is 35.9 Å². The smallest absolute Gasteiger partial charge is 0.485 e. The number of carboxylic acid groups (broad SMARTS) is 2. The first kappa shape index (κ1) is 34.1. The van der Waals surface area contributed by atoms with E-state index in [1.807, 2.05) is 48.5 Å². The van der Waals surface area contributed by atoms with Crippen molar-refractivity contribution in [1.82, 2.24) is 10.3 Å². The average molecular weight is 646 g/mol. The summed E-state index contributed by atoms with van der Waals surface area (Å²) in [5.41, 5.74) is 3.00. The first-order valence-electron chi connectivity index (χ1n) is 12.7. The van der Waals surface area contributed by atoms with Crippen molar-refractivity contribution in [3.8, 4) is 11.5 Å². The van der Waals surface area contributed by atoms with E-state index in [0.717, 1.165) is 17.7 Å². The lowest BCUT2D eigenvalue weighted by molar-refractivity contribution is -0.193. The van der Waals surface area contributed by atoms with Crippen LogP contribution in [0.15, 0.2) is 60.8 Å². The second-order valence-corrected chi connectivity index (χ2v) is 9.09. The number of hydrogen-bond donors (Lipinski definition) is 6. The van der Waals surface area contributed by atoms with Crippen LogP contribution in [0, 0.1) is 0 Å². The minimum Gasteiger partial charge on any atom is -0.485 e. The highest BCUT2D eigenvalue weighted by Crippen LogP contribution is 2.32. The second-order valence-electron chi connectivity index (χ2n) is 9.09. The number of para-hydroxylation sites is 2. The van der Waals surface area contributed by atoms with Crippen LogP contribution < -0.4 is 25.4 Å². The molecule has 0 fully saturated rings. The number of aromatic nitrogens is 1. The van der Waals surface area contributed by atoms with Gasteiger partial charge in [0.1, 0.15) is 12.3 Å². The number of hydrogen-bond acceptors (Lipinski definition) is 7. The van der Waals surface area contributed by atoms with Gasteiger partial charge < -0.3 is 40.6 Å². The summed E-state index contributed by atoms with van der Waals surface area (Å²) in [7, 11) is 0. The number of amides is 2. The Labute approximate surface area is 249 Å².